The van der Waals surface area contributed by atoms with E-state index in [4.69, 9.17) is 28.0 Å². The van der Waals surface area contributed by atoms with Crippen molar-refractivity contribution in [3.05, 3.63) is 62.0 Å². The molecule has 9 heteroatoms. The summed E-state index contributed by atoms with van der Waals surface area (Å²) in [5.41, 5.74) is -2.16. The normalized spacial score (nSPS) is 20.4. The van der Waals surface area contributed by atoms with E-state index in [-0.39, 0.29) is 21.3 Å². The molecule has 25 heavy (non-hydrogen) atoms. The second kappa shape index (κ2) is 6.68. The van der Waals surface area contributed by atoms with Crippen molar-refractivity contribution >= 4 is 57.5 Å². The van der Waals surface area contributed by atoms with Gasteiger partial charge in [-0.25, -0.2) is 0 Å². The minimum atomic E-state index is -4.72. The zero-order chi connectivity index (χ0) is 18.4. The molecule has 0 fully saturated rings. The average Bonchev–Trinajstić information content (AvgIpc) is 2.95. The summed E-state index contributed by atoms with van der Waals surface area (Å²) in [5, 5.41) is 3.87. The van der Waals surface area contributed by atoms with Gasteiger partial charge in [0.2, 0.25) is 0 Å². The zero-order valence-corrected chi connectivity index (χ0v) is 16.2. The van der Waals surface area contributed by atoms with Gasteiger partial charge in [-0.15, -0.1) is 12.6 Å². The van der Waals surface area contributed by atoms with Crippen LogP contribution in [0.2, 0.25) is 10.0 Å². The maximum atomic E-state index is 13.9. The summed E-state index contributed by atoms with van der Waals surface area (Å²) < 4.78 is 42.3. The minimum absolute atomic E-state index is 0.0883. The Hall–Kier alpha value is -0.890. The van der Waals surface area contributed by atoms with Crippen molar-refractivity contribution < 1.29 is 18.0 Å². The Morgan fingerprint density at radius 2 is 1.76 bits per heavy atom. The molecule has 0 spiro atoms. The summed E-state index contributed by atoms with van der Waals surface area (Å²) in [6.07, 6.45) is -5.21. The molecule has 2 aromatic carbocycles. The fourth-order valence-corrected chi connectivity index (χ4v) is 3.58. The molecule has 0 saturated carbocycles. The molecule has 0 aliphatic carbocycles. The van der Waals surface area contributed by atoms with Gasteiger partial charge in [0.25, 0.3) is 5.60 Å². The van der Waals surface area contributed by atoms with Crippen LogP contribution in [-0.4, -0.2) is 11.9 Å². The van der Waals surface area contributed by atoms with E-state index < -0.39 is 18.2 Å². The molecule has 3 rings (SSSR count). The standard InChI is InChI=1S/C16H9BrCl2F3NOS/c17-12-3-8(1-2-14(12)25)13-7-15(24-23-13,16(20,21)22)9-4-10(18)6-11(19)5-9/h1-6,25H,7H2. The van der Waals surface area contributed by atoms with Crippen molar-refractivity contribution in [2.24, 2.45) is 5.16 Å². The van der Waals surface area contributed by atoms with Crippen LogP contribution in [0.4, 0.5) is 13.2 Å². The van der Waals surface area contributed by atoms with Crippen molar-refractivity contribution in [3.63, 3.8) is 0 Å². The lowest BCUT2D eigenvalue weighted by molar-refractivity contribution is -0.275. The molecule has 0 aromatic heterocycles. The van der Waals surface area contributed by atoms with Crippen LogP contribution in [0.25, 0.3) is 0 Å². The summed E-state index contributed by atoms with van der Waals surface area (Å²) in [6.45, 7) is 0. The van der Waals surface area contributed by atoms with Crippen molar-refractivity contribution in [3.8, 4) is 0 Å². The van der Waals surface area contributed by atoms with Gasteiger partial charge in [0.15, 0.2) is 0 Å². The molecular weight excluding hydrogens is 462 g/mol. The number of oxime groups is 1. The van der Waals surface area contributed by atoms with E-state index in [0.717, 1.165) is 0 Å². The second-order valence-corrected chi connectivity index (χ2v) is 7.66. The first-order valence-corrected chi connectivity index (χ1v) is 8.89. The van der Waals surface area contributed by atoms with Gasteiger partial charge in [0.1, 0.15) is 0 Å². The van der Waals surface area contributed by atoms with Gasteiger partial charge in [0, 0.05) is 37.0 Å². The molecule has 2 aromatic rings. The van der Waals surface area contributed by atoms with Crippen molar-refractivity contribution in [1.82, 2.24) is 0 Å². The summed E-state index contributed by atoms with van der Waals surface area (Å²) >= 11 is 19.3. The Morgan fingerprint density at radius 3 is 2.32 bits per heavy atom. The topological polar surface area (TPSA) is 21.6 Å². The molecule has 0 amide bonds. The van der Waals surface area contributed by atoms with Crippen LogP contribution < -0.4 is 0 Å². The molecule has 0 saturated heterocycles. The smallest absolute Gasteiger partial charge is 0.374 e. The second-order valence-electron chi connectivity index (χ2n) is 5.46. The van der Waals surface area contributed by atoms with Crippen molar-refractivity contribution in [2.75, 3.05) is 0 Å². The highest BCUT2D eigenvalue weighted by Crippen LogP contribution is 2.49. The van der Waals surface area contributed by atoms with Crippen LogP contribution in [0.3, 0.4) is 0 Å². The van der Waals surface area contributed by atoms with E-state index in [1.807, 2.05) is 0 Å². The van der Waals surface area contributed by atoms with Crippen LogP contribution in [0, 0.1) is 0 Å². The average molecular weight is 471 g/mol. The Morgan fingerprint density at radius 1 is 1.12 bits per heavy atom. The van der Waals surface area contributed by atoms with Gasteiger partial charge in [-0.2, -0.15) is 13.2 Å². The first-order chi connectivity index (χ1) is 11.6. The number of hydrogen-bond acceptors (Lipinski definition) is 3. The predicted molar refractivity (Wildman–Crippen MR) is 97.8 cm³/mol. The van der Waals surface area contributed by atoms with E-state index in [9.17, 15) is 13.2 Å². The third-order valence-electron chi connectivity index (χ3n) is 3.80. The maximum Gasteiger partial charge on any atom is 0.435 e. The van der Waals surface area contributed by atoms with E-state index in [1.54, 1.807) is 18.2 Å². The zero-order valence-electron chi connectivity index (χ0n) is 12.2. The Labute approximate surface area is 165 Å². The largest absolute Gasteiger partial charge is 0.435 e. The molecule has 1 aliphatic heterocycles. The third kappa shape index (κ3) is 3.52. The van der Waals surface area contributed by atoms with Gasteiger partial charge in [-0.05, 0) is 46.3 Å². The predicted octanol–water partition coefficient (Wildman–Crippen LogP) is 6.63. The first kappa shape index (κ1) is 18.9. The highest BCUT2D eigenvalue weighted by atomic mass is 79.9. The lowest BCUT2D eigenvalue weighted by Gasteiger charge is -2.29. The molecular formula is C16H9BrCl2F3NOS. The summed E-state index contributed by atoms with van der Waals surface area (Å²) in [4.78, 5) is 5.61. The Bertz CT molecular complexity index is 855. The molecule has 1 atom stereocenters. The highest BCUT2D eigenvalue weighted by Gasteiger charge is 2.62. The summed E-state index contributed by atoms with van der Waals surface area (Å²) in [5.74, 6) is 0. The number of rotatable bonds is 2. The highest BCUT2D eigenvalue weighted by molar-refractivity contribution is 9.10. The van der Waals surface area contributed by atoms with Gasteiger partial charge in [-0.1, -0.05) is 34.4 Å². The molecule has 1 aliphatic rings. The van der Waals surface area contributed by atoms with E-state index in [0.29, 0.717) is 14.9 Å². The number of nitrogens with zero attached hydrogens (tertiary/aromatic N) is 1. The third-order valence-corrected chi connectivity index (χ3v) is 5.58. The van der Waals surface area contributed by atoms with E-state index >= 15 is 0 Å². The SMILES string of the molecule is FC(F)(F)C1(c2cc(Cl)cc(Cl)c2)CC(c2ccc(S)c(Br)c2)=NO1. The maximum absolute atomic E-state index is 13.9. The molecule has 0 radical (unpaired) electrons. The fourth-order valence-electron chi connectivity index (χ4n) is 2.53. The first-order valence-electron chi connectivity index (χ1n) is 6.89. The van der Waals surface area contributed by atoms with Crippen LogP contribution in [-0.2, 0) is 10.4 Å². The molecule has 1 unspecified atom stereocenters. The van der Waals surface area contributed by atoms with Gasteiger partial charge in [-0.3, -0.25) is 0 Å². The van der Waals surface area contributed by atoms with Crippen LogP contribution in [0.1, 0.15) is 17.5 Å². The van der Waals surface area contributed by atoms with Crippen molar-refractivity contribution in [2.45, 2.75) is 23.1 Å². The number of hydrogen-bond donors (Lipinski definition) is 1. The number of halogens is 6. The number of alkyl halides is 3. The van der Waals surface area contributed by atoms with Crippen molar-refractivity contribution in [1.29, 1.82) is 0 Å². The molecule has 132 valence electrons. The summed E-state index contributed by atoms with van der Waals surface area (Å²) in [6, 6.07) is 8.66. The van der Waals surface area contributed by atoms with Gasteiger partial charge >= 0.3 is 6.18 Å². The number of benzene rings is 2. The van der Waals surface area contributed by atoms with Gasteiger partial charge < -0.3 is 4.84 Å². The fraction of sp³-hybridized carbons (Fsp3) is 0.188. The lowest BCUT2D eigenvalue weighted by Crippen LogP contribution is -2.42. The van der Waals surface area contributed by atoms with Gasteiger partial charge in [0.05, 0.1) is 5.71 Å². The van der Waals surface area contributed by atoms with Crippen LogP contribution in [0.5, 0.6) is 0 Å². The molecule has 1 heterocycles. The lowest BCUT2D eigenvalue weighted by atomic mass is 9.86. The molecule has 0 bridgehead atoms. The summed E-state index contributed by atoms with van der Waals surface area (Å²) in [7, 11) is 0. The Kier molecular flexibility index (Phi) is 5.05. The molecule has 2 nitrogen and oxygen atoms in total. The van der Waals surface area contributed by atoms with E-state index in [2.05, 4.69) is 33.7 Å². The Balaban J connectivity index is 2.04. The monoisotopic (exact) mass is 469 g/mol. The minimum Gasteiger partial charge on any atom is -0.374 e. The van der Waals surface area contributed by atoms with Crippen LogP contribution >= 0.6 is 51.8 Å². The quantitative estimate of drug-likeness (QED) is 0.489. The molecule has 0 N–H and O–H groups in total. The number of thiol groups is 1. The van der Waals surface area contributed by atoms with E-state index in [1.165, 1.54) is 18.2 Å². The van der Waals surface area contributed by atoms with Crippen LogP contribution in [0.15, 0.2) is 50.9 Å².